The Kier molecular flexibility index (Phi) is 5.34. The first-order valence-electron chi connectivity index (χ1n) is 6.26. The normalized spacial score (nSPS) is 25.5. The van der Waals surface area contributed by atoms with Gasteiger partial charge in [0.25, 0.3) is 0 Å². The molecule has 0 amide bonds. The first kappa shape index (κ1) is 12.7. The van der Waals surface area contributed by atoms with E-state index in [4.69, 9.17) is 0 Å². The SMILES string of the molecule is C=CC(C)N1CCCCC1CNC(C)C. The van der Waals surface area contributed by atoms with Crippen molar-refractivity contribution >= 4 is 0 Å². The zero-order chi connectivity index (χ0) is 11.3. The molecule has 1 rings (SSSR count). The lowest BCUT2D eigenvalue weighted by Gasteiger charge is -2.39. The van der Waals surface area contributed by atoms with Gasteiger partial charge in [0.1, 0.15) is 0 Å². The van der Waals surface area contributed by atoms with Crippen molar-refractivity contribution < 1.29 is 0 Å². The quantitative estimate of drug-likeness (QED) is 0.701. The van der Waals surface area contributed by atoms with Crippen LogP contribution < -0.4 is 5.32 Å². The van der Waals surface area contributed by atoms with Gasteiger partial charge in [-0.15, -0.1) is 6.58 Å². The van der Waals surface area contributed by atoms with Gasteiger partial charge in [0, 0.05) is 24.7 Å². The van der Waals surface area contributed by atoms with Crippen LogP contribution in [-0.2, 0) is 0 Å². The van der Waals surface area contributed by atoms with Crippen LogP contribution in [0.25, 0.3) is 0 Å². The Morgan fingerprint density at radius 1 is 1.40 bits per heavy atom. The molecule has 88 valence electrons. The van der Waals surface area contributed by atoms with Gasteiger partial charge < -0.3 is 5.32 Å². The monoisotopic (exact) mass is 210 g/mol. The average Bonchev–Trinajstić information content (AvgIpc) is 2.25. The zero-order valence-corrected chi connectivity index (χ0v) is 10.5. The van der Waals surface area contributed by atoms with E-state index in [2.05, 4.69) is 43.6 Å². The topological polar surface area (TPSA) is 15.3 Å². The van der Waals surface area contributed by atoms with E-state index >= 15 is 0 Å². The second kappa shape index (κ2) is 6.29. The van der Waals surface area contributed by atoms with Crippen molar-refractivity contribution in [1.82, 2.24) is 10.2 Å². The highest BCUT2D eigenvalue weighted by Crippen LogP contribution is 2.19. The molecule has 2 heteroatoms. The van der Waals surface area contributed by atoms with E-state index in [1.165, 1.54) is 25.8 Å². The minimum atomic E-state index is 0.518. The minimum Gasteiger partial charge on any atom is -0.313 e. The Morgan fingerprint density at radius 3 is 2.73 bits per heavy atom. The lowest BCUT2D eigenvalue weighted by Crippen LogP contribution is -2.49. The number of hydrogen-bond donors (Lipinski definition) is 1. The molecular formula is C13H26N2. The highest BCUT2D eigenvalue weighted by atomic mass is 15.2. The fourth-order valence-electron chi connectivity index (χ4n) is 2.29. The maximum absolute atomic E-state index is 3.90. The first-order valence-corrected chi connectivity index (χ1v) is 6.26. The molecule has 2 nitrogen and oxygen atoms in total. The number of hydrogen-bond acceptors (Lipinski definition) is 2. The smallest absolute Gasteiger partial charge is 0.0250 e. The third kappa shape index (κ3) is 3.96. The number of piperidine rings is 1. The van der Waals surface area contributed by atoms with Crippen molar-refractivity contribution in [2.24, 2.45) is 0 Å². The Balaban J connectivity index is 2.46. The van der Waals surface area contributed by atoms with Crippen LogP contribution in [-0.4, -0.2) is 36.1 Å². The van der Waals surface area contributed by atoms with Crippen LogP contribution in [0.5, 0.6) is 0 Å². The van der Waals surface area contributed by atoms with Crippen molar-refractivity contribution in [2.75, 3.05) is 13.1 Å². The van der Waals surface area contributed by atoms with Gasteiger partial charge in [-0.3, -0.25) is 4.90 Å². The highest BCUT2D eigenvalue weighted by Gasteiger charge is 2.24. The first-order chi connectivity index (χ1) is 7.15. The summed E-state index contributed by atoms with van der Waals surface area (Å²) in [7, 11) is 0. The third-order valence-electron chi connectivity index (χ3n) is 3.30. The Labute approximate surface area is 94.7 Å². The van der Waals surface area contributed by atoms with Crippen LogP contribution in [0.4, 0.5) is 0 Å². The molecule has 0 saturated carbocycles. The van der Waals surface area contributed by atoms with Crippen LogP contribution in [0.3, 0.4) is 0 Å². The van der Waals surface area contributed by atoms with E-state index in [0.717, 1.165) is 6.54 Å². The molecule has 0 aromatic heterocycles. The van der Waals surface area contributed by atoms with Crippen molar-refractivity contribution in [1.29, 1.82) is 0 Å². The van der Waals surface area contributed by atoms with Crippen molar-refractivity contribution in [3.63, 3.8) is 0 Å². The molecule has 0 aromatic rings. The number of nitrogens with one attached hydrogen (secondary N) is 1. The maximum atomic E-state index is 3.90. The molecule has 1 fully saturated rings. The highest BCUT2D eigenvalue weighted by molar-refractivity contribution is 4.90. The molecule has 0 aliphatic carbocycles. The number of rotatable bonds is 5. The van der Waals surface area contributed by atoms with E-state index in [9.17, 15) is 0 Å². The van der Waals surface area contributed by atoms with Crippen LogP contribution >= 0.6 is 0 Å². The molecule has 1 heterocycles. The van der Waals surface area contributed by atoms with Gasteiger partial charge in [0.05, 0.1) is 0 Å². The van der Waals surface area contributed by atoms with Gasteiger partial charge in [0.15, 0.2) is 0 Å². The fraction of sp³-hybridized carbons (Fsp3) is 0.846. The van der Waals surface area contributed by atoms with E-state index < -0.39 is 0 Å². The van der Waals surface area contributed by atoms with E-state index in [-0.39, 0.29) is 0 Å². The van der Waals surface area contributed by atoms with E-state index in [0.29, 0.717) is 18.1 Å². The largest absolute Gasteiger partial charge is 0.313 e. The molecule has 1 N–H and O–H groups in total. The molecule has 0 radical (unpaired) electrons. The van der Waals surface area contributed by atoms with Crippen molar-refractivity contribution in [3.8, 4) is 0 Å². The molecule has 1 aliphatic heterocycles. The van der Waals surface area contributed by atoms with E-state index in [1.807, 2.05) is 0 Å². The van der Waals surface area contributed by atoms with Gasteiger partial charge in [-0.1, -0.05) is 26.3 Å². The maximum Gasteiger partial charge on any atom is 0.0250 e. The number of nitrogens with zero attached hydrogens (tertiary/aromatic N) is 1. The Morgan fingerprint density at radius 2 is 2.13 bits per heavy atom. The fourth-order valence-corrected chi connectivity index (χ4v) is 2.29. The molecule has 2 atom stereocenters. The molecule has 1 aliphatic rings. The van der Waals surface area contributed by atoms with Gasteiger partial charge in [-0.05, 0) is 26.3 Å². The van der Waals surface area contributed by atoms with Crippen LogP contribution in [0, 0.1) is 0 Å². The van der Waals surface area contributed by atoms with Gasteiger partial charge in [-0.25, -0.2) is 0 Å². The predicted octanol–water partition coefficient (Wildman–Crippen LogP) is 2.41. The van der Waals surface area contributed by atoms with Crippen molar-refractivity contribution in [3.05, 3.63) is 12.7 Å². The molecular weight excluding hydrogens is 184 g/mol. The standard InChI is InChI=1S/C13H26N2/c1-5-12(4)15-9-7-6-8-13(15)10-14-11(2)3/h5,11-14H,1,6-10H2,2-4H3. The van der Waals surface area contributed by atoms with Crippen LogP contribution in [0.2, 0.25) is 0 Å². The van der Waals surface area contributed by atoms with Crippen LogP contribution in [0.15, 0.2) is 12.7 Å². The molecule has 15 heavy (non-hydrogen) atoms. The summed E-state index contributed by atoms with van der Waals surface area (Å²) >= 11 is 0. The van der Waals surface area contributed by atoms with Gasteiger partial charge in [-0.2, -0.15) is 0 Å². The molecule has 0 spiro atoms. The predicted molar refractivity (Wildman–Crippen MR) is 67.1 cm³/mol. The second-order valence-corrected chi connectivity index (χ2v) is 4.93. The average molecular weight is 210 g/mol. The molecule has 0 aromatic carbocycles. The summed E-state index contributed by atoms with van der Waals surface area (Å²) in [5, 5.41) is 3.55. The third-order valence-corrected chi connectivity index (χ3v) is 3.30. The van der Waals surface area contributed by atoms with Gasteiger partial charge >= 0.3 is 0 Å². The van der Waals surface area contributed by atoms with Gasteiger partial charge in [0.2, 0.25) is 0 Å². The molecule has 0 bridgehead atoms. The molecule has 1 saturated heterocycles. The zero-order valence-electron chi connectivity index (χ0n) is 10.5. The summed E-state index contributed by atoms with van der Waals surface area (Å²) in [6.45, 7) is 12.9. The minimum absolute atomic E-state index is 0.518. The summed E-state index contributed by atoms with van der Waals surface area (Å²) in [4.78, 5) is 2.59. The molecule has 2 unspecified atom stereocenters. The Bertz CT molecular complexity index is 189. The summed E-state index contributed by atoms with van der Waals surface area (Å²) in [5.41, 5.74) is 0. The summed E-state index contributed by atoms with van der Waals surface area (Å²) in [6, 6.07) is 1.81. The Hall–Kier alpha value is -0.340. The summed E-state index contributed by atoms with van der Waals surface area (Å²) < 4.78 is 0. The number of likely N-dealkylation sites (tertiary alicyclic amines) is 1. The van der Waals surface area contributed by atoms with Crippen LogP contribution in [0.1, 0.15) is 40.0 Å². The van der Waals surface area contributed by atoms with E-state index in [1.54, 1.807) is 0 Å². The summed E-state index contributed by atoms with van der Waals surface area (Å²) in [6.07, 6.45) is 6.12. The van der Waals surface area contributed by atoms with Crippen molar-refractivity contribution in [2.45, 2.75) is 58.2 Å². The lowest BCUT2D eigenvalue weighted by molar-refractivity contribution is 0.121. The summed E-state index contributed by atoms with van der Waals surface area (Å²) in [5.74, 6) is 0. The lowest BCUT2D eigenvalue weighted by atomic mass is 10.00. The second-order valence-electron chi connectivity index (χ2n) is 4.93.